The molecule has 1 amide bonds. The van der Waals surface area contributed by atoms with Crippen molar-refractivity contribution in [2.24, 2.45) is 5.92 Å². The topological polar surface area (TPSA) is 82.0 Å². The van der Waals surface area contributed by atoms with Gasteiger partial charge in [-0.3, -0.25) is 9.89 Å². The summed E-state index contributed by atoms with van der Waals surface area (Å²) < 4.78 is 5.42. The van der Waals surface area contributed by atoms with Crippen molar-refractivity contribution >= 4 is 5.91 Å². The molecule has 0 saturated carbocycles. The Balaban J connectivity index is 1.54. The monoisotopic (exact) mass is 350 g/mol. The fourth-order valence-electron chi connectivity index (χ4n) is 4.07. The molecule has 0 bridgehead atoms. The van der Waals surface area contributed by atoms with Crippen molar-refractivity contribution in [3.05, 3.63) is 53.3 Å². The summed E-state index contributed by atoms with van der Waals surface area (Å²) >= 11 is 0. The zero-order valence-corrected chi connectivity index (χ0v) is 14.6. The SMILES string of the molecule is N#C[C@@H]1CN(C(=O)c2cn[nH]c2C2CCOCC2)C[C@H]1c1ccccc1. The molecule has 4 rings (SSSR count). The van der Waals surface area contributed by atoms with Crippen LogP contribution in [0.2, 0.25) is 0 Å². The molecule has 1 N–H and O–H groups in total. The summed E-state index contributed by atoms with van der Waals surface area (Å²) in [4.78, 5) is 14.9. The molecule has 134 valence electrons. The maximum atomic E-state index is 13.1. The van der Waals surface area contributed by atoms with Crippen LogP contribution in [-0.2, 0) is 4.74 Å². The molecule has 2 aliphatic heterocycles. The van der Waals surface area contributed by atoms with Crippen molar-refractivity contribution in [3.8, 4) is 6.07 Å². The standard InChI is InChI=1S/C20H22N4O2/c21-10-16-12-24(13-18(16)14-4-2-1-3-5-14)20(25)17-11-22-23-19(17)15-6-8-26-9-7-15/h1-5,11,15-16,18H,6-9,12-13H2,(H,22,23)/t16-,18+/m1/s1. The molecule has 0 aliphatic carbocycles. The lowest BCUT2D eigenvalue weighted by atomic mass is 9.90. The number of nitrogens with zero attached hydrogens (tertiary/aromatic N) is 3. The number of carbonyl (C=O) groups excluding carboxylic acids is 1. The highest BCUT2D eigenvalue weighted by Crippen LogP contribution is 2.34. The van der Waals surface area contributed by atoms with Crippen LogP contribution in [0, 0.1) is 17.2 Å². The van der Waals surface area contributed by atoms with Gasteiger partial charge in [-0.1, -0.05) is 30.3 Å². The highest BCUT2D eigenvalue weighted by atomic mass is 16.5. The van der Waals surface area contributed by atoms with Gasteiger partial charge in [-0.2, -0.15) is 10.4 Å². The van der Waals surface area contributed by atoms with Crippen LogP contribution in [0.15, 0.2) is 36.5 Å². The third-order valence-electron chi connectivity index (χ3n) is 5.53. The van der Waals surface area contributed by atoms with Crippen LogP contribution in [-0.4, -0.2) is 47.3 Å². The minimum Gasteiger partial charge on any atom is -0.381 e. The lowest BCUT2D eigenvalue weighted by Gasteiger charge is -2.23. The van der Waals surface area contributed by atoms with Crippen LogP contribution in [0.1, 0.15) is 46.3 Å². The van der Waals surface area contributed by atoms with E-state index in [1.54, 1.807) is 11.1 Å². The Hall–Kier alpha value is -2.65. The van der Waals surface area contributed by atoms with E-state index in [0.29, 0.717) is 31.9 Å². The van der Waals surface area contributed by atoms with Gasteiger partial charge in [0.1, 0.15) is 0 Å². The van der Waals surface area contributed by atoms with Crippen molar-refractivity contribution in [1.29, 1.82) is 5.26 Å². The van der Waals surface area contributed by atoms with E-state index in [1.165, 1.54) is 0 Å². The number of H-pyrrole nitrogens is 1. The number of nitrogens with one attached hydrogen (secondary N) is 1. The lowest BCUT2D eigenvalue weighted by Crippen LogP contribution is -2.30. The van der Waals surface area contributed by atoms with Gasteiger partial charge in [0, 0.05) is 38.1 Å². The summed E-state index contributed by atoms with van der Waals surface area (Å²) in [6.45, 7) is 2.47. The summed E-state index contributed by atoms with van der Waals surface area (Å²) in [6, 6.07) is 12.4. The minimum atomic E-state index is -0.181. The summed E-state index contributed by atoms with van der Waals surface area (Å²) in [5, 5.41) is 16.7. The molecule has 2 fully saturated rings. The van der Waals surface area contributed by atoms with Crippen LogP contribution in [0.4, 0.5) is 0 Å². The second-order valence-corrected chi connectivity index (χ2v) is 7.05. The number of hydrogen-bond donors (Lipinski definition) is 1. The van der Waals surface area contributed by atoms with Crippen LogP contribution in [0.25, 0.3) is 0 Å². The van der Waals surface area contributed by atoms with Crippen molar-refractivity contribution in [2.75, 3.05) is 26.3 Å². The molecule has 26 heavy (non-hydrogen) atoms. The summed E-state index contributed by atoms with van der Waals surface area (Å²) in [7, 11) is 0. The average molecular weight is 350 g/mol. The molecule has 2 aromatic rings. The first-order chi connectivity index (χ1) is 12.8. The predicted octanol–water partition coefficient (Wildman–Crippen LogP) is 2.68. The normalized spacial score (nSPS) is 23.7. The van der Waals surface area contributed by atoms with Gasteiger partial charge in [0.15, 0.2) is 0 Å². The van der Waals surface area contributed by atoms with E-state index in [4.69, 9.17) is 4.74 Å². The van der Waals surface area contributed by atoms with Crippen molar-refractivity contribution in [1.82, 2.24) is 15.1 Å². The lowest BCUT2D eigenvalue weighted by molar-refractivity contribution is 0.0767. The number of nitriles is 1. The molecule has 2 saturated heterocycles. The van der Waals surface area contributed by atoms with Crippen LogP contribution >= 0.6 is 0 Å². The van der Waals surface area contributed by atoms with Crippen molar-refractivity contribution < 1.29 is 9.53 Å². The molecule has 3 heterocycles. The molecule has 2 aliphatic rings. The maximum absolute atomic E-state index is 13.1. The van der Waals surface area contributed by atoms with Crippen molar-refractivity contribution in [2.45, 2.75) is 24.7 Å². The maximum Gasteiger partial charge on any atom is 0.257 e. The first kappa shape index (κ1) is 16.8. The molecule has 2 atom stereocenters. The summed E-state index contributed by atoms with van der Waals surface area (Å²) in [6.07, 6.45) is 3.43. The minimum absolute atomic E-state index is 0.0288. The number of hydrogen-bond acceptors (Lipinski definition) is 4. The number of carbonyl (C=O) groups is 1. The Morgan fingerprint density at radius 2 is 2.00 bits per heavy atom. The molecule has 1 aromatic heterocycles. The van der Waals surface area contributed by atoms with E-state index in [9.17, 15) is 10.1 Å². The van der Waals surface area contributed by atoms with E-state index >= 15 is 0 Å². The Morgan fingerprint density at radius 3 is 2.73 bits per heavy atom. The van der Waals surface area contributed by atoms with E-state index in [2.05, 4.69) is 16.3 Å². The average Bonchev–Trinajstić information content (AvgIpc) is 3.36. The third kappa shape index (κ3) is 3.11. The van der Waals surface area contributed by atoms with Gasteiger partial charge >= 0.3 is 0 Å². The van der Waals surface area contributed by atoms with E-state index in [1.807, 2.05) is 30.3 Å². The van der Waals surface area contributed by atoms with Gasteiger partial charge in [0.2, 0.25) is 0 Å². The Labute approximate surface area is 152 Å². The predicted molar refractivity (Wildman–Crippen MR) is 95.6 cm³/mol. The largest absolute Gasteiger partial charge is 0.381 e. The van der Waals surface area contributed by atoms with Crippen LogP contribution in [0.5, 0.6) is 0 Å². The highest BCUT2D eigenvalue weighted by Gasteiger charge is 2.38. The van der Waals surface area contributed by atoms with Gasteiger partial charge < -0.3 is 9.64 Å². The number of aromatic amines is 1. The number of likely N-dealkylation sites (tertiary alicyclic amines) is 1. The fourth-order valence-corrected chi connectivity index (χ4v) is 4.07. The Bertz CT molecular complexity index is 805. The van der Waals surface area contributed by atoms with Gasteiger partial charge in [-0.05, 0) is 18.4 Å². The quantitative estimate of drug-likeness (QED) is 0.923. The number of benzene rings is 1. The first-order valence-corrected chi connectivity index (χ1v) is 9.12. The van der Waals surface area contributed by atoms with Gasteiger partial charge in [0.05, 0.1) is 29.4 Å². The molecule has 0 unspecified atom stereocenters. The molecule has 6 nitrogen and oxygen atoms in total. The zero-order valence-electron chi connectivity index (χ0n) is 14.6. The molecule has 6 heteroatoms. The van der Waals surface area contributed by atoms with Gasteiger partial charge in [-0.15, -0.1) is 0 Å². The second-order valence-electron chi connectivity index (χ2n) is 7.05. The molecule has 0 radical (unpaired) electrons. The number of aromatic nitrogens is 2. The van der Waals surface area contributed by atoms with Gasteiger partial charge in [0.25, 0.3) is 5.91 Å². The molecule has 1 aromatic carbocycles. The van der Waals surface area contributed by atoms with Crippen molar-refractivity contribution in [3.63, 3.8) is 0 Å². The smallest absolute Gasteiger partial charge is 0.257 e. The number of ether oxygens (including phenoxy) is 1. The molecular weight excluding hydrogens is 328 g/mol. The third-order valence-corrected chi connectivity index (χ3v) is 5.53. The van der Waals surface area contributed by atoms with E-state index < -0.39 is 0 Å². The zero-order chi connectivity index (χ0) is 17.9. The highest BCUT2D eigenvalue weighted by molar-refractivity contribution is 5.95. The second kappa shape index (κ2) is 7.30. The van der Waals surface area contributed by atoms with Gasteiger partial charge in [-0.25, -0.2) is 0 Å². The molecular formula is C20H22N4O2. The number of amides is 1. The van der Waals surface area contributed by atoms with Crippen LogP contribution in [0.3, 0.4) is 0 Å². The molecule has 0 spiro atoms. The number of rotatable bonds is 3. The first-order valence-electron chi connectivity index (χ1n) is 9.12. The van der Waals surface area contributed by atoms with E-state index in [-0.39, 0.29) is 23.7 Å². The Morgan fingerprint density at radius 1 is 1.23 bits per heavy atom. The fraction of sp³-hybridized carbons (Fsp3) is 0.450. The summed E-state index contributed by atoms with van der Waals surface area (Å²) in [5.41, 5.74) is 2.67. The Kier molecular flexibility index (Phi) is 4.72. The van der Waals surface area contributed by atoms with Crippen LogP contribution < -0.4 is 0 Å². The van der Waals surface area contributed by atoms with E-state index in [0.717, 1.165) is 24.1 Å². The summed E-state index contributed by atoms with van der Waals surface area (Å²) in [5.74, 6) is 0.131.